The second-order valence-corrected chi connectivity index (χ2v) is 6.80. The minimum absolute atomic E-state index is 0.115. The molecule has 28 heavy (non-hydrogen) atoms. The summed E-state index contributed by atoms with van der Waals surface area (Å²) in [6.07, 6.45) is -0.370. The SMILES string of the molecule is CCc1cc(C(F)(F)F)n2nc([C@H]3CCN(C(=O)c4ccncc4)C3)cc2n1. The maximum atomic E-state index is 13.4. The summed E-state index contributed by atoms with van der Waals surface area (Å²) in [7, 11) is 0. The van der Waals surface area contributed by atoms with E-state index in [1.165, 1.54) is 0 Å². The summed E-state index contributed by atoms with van der Waals surface area (Å²) in [5, 5.41) is 4.19. The largest absolute Gasteiger partial charge is 0.433 e. The number of pyridine rings is 1. The predicted octanol–water partition coefficient (Wildman–Crippen LogP) is 3.34. The van der Waals surface area contributed by atoms with E-state index in [1.54, 1.807) is 42.4 Å². The first-order chi connectivity index (χ1) is 13.4. The lowest BCUT2D eigenvalue weighted by molar-refractivity contribution is -0.142. The lowest BCUT2D eigenvalue weighted by Crippen LogP contribution is -2.28. The zero-order valence-corrected chi connectivity index (χ0v) is 15.1. The molecule has 3 aromatic heterocycles. The predicted molar refractivity (Wildman–Crippen MR) is 94.9 cm³/mol. The van der Waals surface area contributed by atoms with Gasteiger partial charge in [0, 0.05) is 48.7 Å². The number of rotatable bonds is 3. The molecule has 0 radical (unpaired) electrons. The van der Waals surface area contributed by atoms with Crippen LogP contribution in [0.4, 0.5) is 13.2 Å². The number of halogens is 3. The van der Waals surface area contributed by atoms with Gasteiger partial charge in [-0.2, -0.15) is 18.3 Å². The molecule has 1 fully saturated rings. The van der Waals surface area contributed by atoms with Gasteiger partial charge in [-0.15, -0.1) is 0 Å². The van der Waals surface area contributed by atoms with Crippen LogP contribution in [0.5, 0.6) is 0 Å². The van der Waals surface area contributed by atoms with Crippen molar-refractivity contribution >= 4 is 11.6 Å². The molecule has 1 aliphatic rings. The summed E-state index contributed by atoms with van der Waals surface area (Å²) in [6.45, 7) is 2.70. The second-order valence-electron chi connectivity index (χ2n) is 6.80. The van der Waals surface area contributed by atoms with Crippen LogP contribution in [0, 0.1) is 0 Å². The molecule has 4 heterocycles. The van der Waals surface area contributed by atoms with Crippen LogP contribution in [0.15, 0.2) is 36.7 Å². The molecule has 1 amide bonds. The molecule has 0 spiro atoms. The fourth-order valence-corrected chi connectivity index (χ4v) is 3.49. The Morgan fingerprint density at radius 3 is 2.68 bits per heavy atom. The van der Waals surface area contributed by atoms with Crippen molar-refractivity contribution in [1.29, 1.82) is 0 Å². The van der Waals surface area contributed by atoms with Gasteiger partial charge in [0.05, 0.1) is 5.69 Å². The van der Waals surface area contributed by atoms with Gasteiger partial charge < -0.3 is 4.90 Å². The molecule has 0 unspecified atom stereocenters. The van der Waals surface area contributed by atoms with E-state index in [0.717, 1.165) is 10.6 Å². The Morgan fingerprint density at radius 1 is 1.25 bits per heavy atom. The summed E-state index contributed by atoms with van der Waals surface area (Å²) in [4.78, 5) is 22.4. The minimum Gasteiger partial charge on any atom is -0.338 e. The zero-order chi connectivity index (χ0) is 19.9. The van der Waals surface area contributed by atoms with Crippen molar-refractivity contribution in [2.45, 2.75) is 31.9 Å². The number of hydrogen-bond donors (Lipinski definition) is 0. The molecular weight excluding hydrogens is 371 g/mol. The molecule has 9 heteroatoms. The van der Waals surface area contributed by atoms with E-state index in [2.05, 4.69) is 15.1 Å². The average Bonchev–Trinajstić information content (AvgIpc) is 3.33. The molecule has 3 aromatic rings. The number of nitrogens with zero attached hydrogens (tertiary/aromatic N) is 5. The van der Waals surface area contributed by atoms with Crippen LogP contribution in [0.3, 0.4) is 0 Å². The van der Waals surface area contributed by atoms with Gasteiger partial charge in [0.1, 0.15) is 5.69 Å². The first-order valence-corrected chi connectivity index (χ1v) is 9.03. The third kappa shape index (κ3) is 3.32. The highest BCUT2D eigenvalue weighted by Gasteiger charge is 2.36. The lowest BCUT2D eigenvalue weighted by Gasteiger charge is -2.15. The number of hydrogen-bond acceptors (Lipinski definition) is 4. The van der Waals surface area contributed by atoms with Crippen molar-refractivity contribution < 1.29 is 18.0 Å². The van der Waals surface area contributed by atoms with Gasteiger partial charge in [0.25, 0.3) is 5.91 Å². The van der Waals surface area contributed by atoms with Crippen molar-refractivity contribution in [2.75, 3.05) is 13.1 Å². The number of aromatic nitrogens is 4. The Labute approximate surface area is 159 Å². The van der Waals surface area contributed by atoms with Crippen molar-refractivity contribution in [3.63, 3.8) is 0 Å². The molecule has 1 atom stereocenters. The molecule has 0 aliphatic carbocycles. The summed E-state index contributed by atoms with van der Waals surface area (Å²) < 4.78 is 41.2. The molecule has 1 saturated heterocycles. The molecule has 0 saturated carbocycles. The third-order valence-electron chi connectivity index (χ3n) is 4.97. The number of carbonyl (C=O) groups is 1. The van der Waals surface area contributed by atoms with E-state index in [0.29, 0.717) is 42.9 Å². The number of aryl methyl sites for hydroxylation is 1. The molecule has 146 valence electrons. The quantitative estimate of drug-likeness (QED) is 0.689. The Kier molecular flexibility index (Phi) is 4.52. The average molecular weight is 389 g/mol. The maximum absolute atomic E-state index is 13.4. The van der Waals surface area contributed by atoms with E-state index >= 15 is 0 Å². The van der Waals surface area contributed by atoms with Crippen molar-refractivity contribution in [3.8, 4) is 0 Å². The molecule has 1 aliphatic heterocycles. The van der Waals surface area contributed by atoms with E-state index in [1.807, 2.05) is 0 Å². The summed E-state index contributed by atoms with van der Waals surface area (Å²) in [5.74, 6) is -0.241. The first-order valence-electron chi connectivity index (χ1n) is 9.03. The number of likely N-dealkylation sites (tertiary alicyclic amines) is 1. The molecule has 0 N–H and O–H groups in total. The summed E-state index contributed by atoms with van der Waals surface area (Å²) in [5.41, 5.74) is 0.784. The van der Waals surface area contributed by atoms with Crippen molar-refractivity contribution in [3.05, 3.63) is 59.3 Å². The smallest absolute Gasteiger partial charge is 0.338 e. The van der Waals surface area contributed by atoms with Crippen LogP contribution in [-0.4, -0.2) is 43.5 Å². The standard InChI is InChI=1S/C19H18F3N5O/c1-2-14-9-16(19(20,21)22)27-17(24-14)10-15(25-27)13-5-8-26(11-13)18(28)12-3-6-23-7-4-12/h3-4,6-7,9-10,13H,2,5,8,11H2,1H3/t13-/m0/s1. The van der Waals surface area contributed by atoms with Crippen LogP contribution in [0.25, 0.3) is 5.65 Å². The van der Waals surface area contributed by atoms with E-state index < -0.39 is 11.9 Å². The van der Waals surface area contributed by atoms with Gasteiger partial charge >= 0.3 is 6.18 Å². The highest BCUT2D eigenvalue weighted by molar-refractivity contribution is 5.94. The van der Waals surface area contributed by atoms with Crippen LogP contribution < -0.4 is 0 Å². The molecule has 4 rings (SSSR count). The zero-order valence-electron chi connectivity index (χ0n) is 15.1. The van der Waals surface area contributed by atoms with Crippen molar-refractivity contribution in [1.82, 2.24) is 24.5 Å². The fraction of sp³-hybridized carbons (Fsp3) is 0.368. The third-order valence-corrected chi connectivity index (χ3v) is 4.97. The van der Waals surface area contributed by atoms with Gasteiger partial charge in [0.2, 0.25) is 0 Å². The van der Waals surface area contributed by atoms with Crippen molar-refractivity contribution in [2.24, 2.45) is 0 Å². The Hall–Kier alpha value is -2.97. The molecule has 6 nitrogen and oxygen atoms in total. The van der Waals surface area contributed by atoms with Crippen LogP contribution >= 0.6 is 0 Å². The fourth-order valence-electron chi connectivity index (χ4n) is 3.49. The molecule has 0 bridgehead atoms. The van der Waals surface area contributed by atoms with Gasteiger partial charge in [-0.05, 0) is 31.0 Å². The number of alkyl halides is 3. The summed E-state index contributed by atoms with van der Waals surface area (Å²) >= 11 is 0. The second kappa shape index (κ2) is 6.88. The van der Waals surface area contributed by atoms with Gasteiger partial charge in [-0.1, -0.05) is 6.92 Å². The minimum atomic E-state index is -4.52. The lowest BCUT2D eigenvalue weighted by atomic mass is 10.1. The van der Waals surface area contributed by atoms with Crippen LogP contribution in [-0.2, 0) is 12.6 Å². The highest BCUT2D eigenvalue weighted by atomic mass is 19.4. The number of amides is 1. The van der Waals surface area contributed by atoms with E-state index in [9.17, 15) is 18.0 Å². The van der Waals surface area contributed by atoms with Gasteiger partial charge in [-0.25, -0.2) is 9.50 Å². The summed E-state index contributed by atoms with van der Waals surface area (Å²) in [6, 6.07) is 5.93. The van der Waals surface area contributed by atoms with E-state index in [-0.39, 0.29) is 17.5 Å². The monoisotopic (exact) mass is 389 g/mol. The number of fused-ring (bicyclic) bond motifs is 1. The van der Waals surface area contributed by atoms with Crippen LogP contribution in [0.1, 0.15) is 46.7 Å². The van der Waals surface area contributed by atoms with Gasteiger partial charge in [-0.3, -0.25) is 9.78 Å². The first kappa shape index (κ1) is 18.4. The normalized spacial score (nSPS) is 17.4. The number of carbonyl (C=O) groups excluding carboxylic acids is 1. The maximum Gasteiger partial charge on any atom is 0.433 e. The van der Waals surface area contributed by atoms with Gasteiger partial charge in [0.15, 0.2) is 5.65 Å². The molecular formula is C19H18F3N5O. The Bertz CT molecular complexity index is 1020. The topological polar surface area (TPSA) is 63.4 Å². The highest BCUT2D eigenvalue weighted by Crippen LogP contribution is 2.32. The Morgan fingerprint density at radius 2 is 2.00 bits per heavy atom. The molecule has 0 aromatic carbocycles. The Balaban J connectivity index is 1.63. The van der Waals surface area contributed by atoms with Crippen LogP contribution in [0.2, 0.25) is 0 Å². The van der Waals surface area contributed by atoms with E-state index in [4.69, 9.17) is 0 Å².